The summed E-state index contributed by atoms with van der Waals surface area (Å²) >= 11 is 0. The quantitative estimate of drug-likeness (QED) is 0.788. The van der Waals surface area contributed by atoms with E-state index >= 15 is 0 Å². The molecule has 3 rings (SSSR count). The van der Waals surface area contributed by atoms with E-state index < -0.39 is 0 Å². The Morgan fingerprint density at radius 2 is 2.00 bits per heavy atom. The van der Waals surface area contributed by atoms with Crippen LogP contribution in [0.2, 0.25) is 0 Å². The van der Waals surface area contributed by atoms with Gasteiger partial charge in [0, 0.05) is 30.3 Å². The van der Waals surface area contributed by atoms with Crippen molar-refractivity contribution >= 4 is 16.7 Å². The Labute approximate surface area is 116 Å². The van der Waals surface area contributed by atoms with Crippen LogP contribution in [0.5, 0.6) is 0 Å². The van der Waals surface area contributed by atoms with E-state index in [1.807, 2.05) is 30.3 Å². The first-order valence-corrected chi connectivity index (χ1v) is 6.24. The predicted octanol–water partition coefficient (Wildman–Crippen LogP) is 2.42. The van der Waals surface area contributed by atoms with Gasteiger partial charge in [-0.15, -0.1) is 0 Å². The van der Waals surface area contributed by atoms with Crippen molar-refractivity contribution in [3.05, 3.63) is 48.3 Å². The highest BCUT2D eigenvalue weighted by Crippen LogP contribution is 2.25. The van der Waals surface area contributed by atoms with Gasteiger partial charge in [-0.3, -0.25) is 4.98 Å². The highest BCUT2D eigenvalue weighted by Gasteiger charge is 2.09. The summed E-state index contributed by atoms with van der Waals surface area (Å²) in [5.74, 6) is 1.03. The van der Waals surface area contributed by atoms with Gasteiger partial charge in [-0.2, -0.15) is 0 Å². The summed E-state index contributed by atoms with van der Waals surface area (Å²) in [6.45, 7) is 0.405. The Bertz CT molecular complexity index is 752. The highest BCUT2D eigenvalue weighted by atomic mass is 16.5. The van der Waals surface area contributed by atoms with Gasteiger partial charge < -0.3 is 10.5 Å². The van der Waals surface area contributed by atoms with Gasteiger partial charge in [0.05, 0.1) is 17.8 Å². The zero-order valence-corrected chi connectivity index (χ0v) is 11.1. The summed E-state index contributed by atoms with van der Waals surface area (Å²) in [5.41, 5.74) is 8.43. The lowest BCUT2D eigenvalue weighted by molar-refractivity contribution is 0.181. The Morgan fingerprint density at radius 3 is 2.85 bits per heavy atom. The molecule has 3 aromatic rings. The molecule has 0 atom stereocenters. The summed E-state index contributed by atoms with van der Waals surface area (Å²) in [4.78, 5) is 13.2. The minimum absolute atomic E-state index is 0.405. The number of ether oxygens (including phenoxy) is 1. The smallest absolute Gasteiger partial charge is 0.162 e. The molecule has 0 radical (unpaired) electrons. The number of rotatable bonds is 3. The van der Waals surface area contributed by atoms with E-state index in [-0.39, 0.29) is 0 Å². The predicted molar refractivity (Wildman–Crippen MR) is 77.9 cm³/mol. The number of aromatic nitrogens is 3. The molecule has 0 aliphatic carbocycles. The number of para-hydroxylation sites is 1. The van der Waals surface area contributed by atoms with Gasteiger partial charge in [-0.1, -0.05) is 18.2 Å². The third-order valence-corrected chi connectivity index (χ3v) is 2.98. The van der Waals surface area contributed by atoms with Crippen LogP contribution in [0.4, 0.5) is 5.82 Å². The largest absolute Gasteiger partial charge is 0.384 e. The molecule has 0 fully saturated rings. The molecule has 5 heteroatoms. The molecule has 0 aliphatic heterocycles. The number of methoxy groups -OCH3 is 1. The van der Waals surface area contributed by atoms with E-state index in [4.69, 9.17) is 10.5 Å². The van der Waals surface area contributed by atoms with Crippen molar-refractivity contribution in [1.29, 1.82) is 0 Å². The van der Waals surface area contributed by atoms with Gasteiger partial charge in [0.1, 0.15) is 5.82 Å². The first-order valence-electron chi connectivity index (χ1n) is 6.24. The molecule has 2 aromatic heterocycles. The number of benzene rings is 1. The molecular formula is C15H14N4O. The Balaban J connectivity index is 2.20. The fourth-order valence-electron chi connectivity index (χ4n) is 2.15. The Morgan fingerprint density at radius 1 is 1.15 bits per heavy atom. The molecule has 0 saturated heterocycles. The number of fused-ring (bicyclic) bond motifs is 1. The molecular weight excluding hydrogens is 252 g/mol. The van der Waals surface area contributed by atoms with Crippen molar-refractivity contribution in [1.82, 2.24) is 15.0 Å². The van der Waals surface area contributed by atoms with Crippen molar-refractivity contribution in [2.24, 2.45) is 0 Å². The van der Waals surface area contributed by atoms with E-state index in [0.717, 1.165) is 22.2 Å². The van der Waals surface area contributed by atoms with Crippen LogP contribution in [0.3, 0.4) is 0 Å². The van der Waals surface area contributed by atoms with Crippen molar-refractivity contribution in [2.75, 3.05) is 12.8 Å². The van der Waals surface area contributed by atoms with Crippen LogP contribution in [-0.2, 0) is 11.3 Å². The van der Waals surface area contributed by atoms with Crippen LogP contribution in [0.25, 0.3) is 22.3 Å². The highest BCUT2D eigenvalue weighted by molar-refractivity contribution is 5.92. The van der Waals surface area contributed by atoms with E-state index in [1.54, 1.807) is 19.4 Å². The van der Waals surface area contributed by atoms with E-state index in [2.05, 4.69) is 15.0 Å². The molecule has 2 heterocycles. The molecule has 0 spiro atoms. The zero-order chi connectivity index (χ0) is 13.9. The molecule has 1 aromatic carbocycles. The number of hydrogen-bond acceptors (Lipinski definition) is 5. The second kappa shape index (κ2) is 5.22. The van der Waals surface area contributed by atoms with Crippen molar-refractivity contribution in [2.45, 2.75) is 6.61 Å². The van der Waals surface area contributed by atoms with Crippen LogP contribution < -0.4 is 5.73 Å². The third-order valence-electron chi connectivity index (χ3n) is 2.98. The Kier molecular flexibility index (Phi) is 3.26. The van der Waals surface area contributed by atoms with Gasteiger partial charge in [0.25, 0.3) is 0 Å². The molecule has 0 amide bonds. The Hall–Kier alpha value is -2.53. The molecule has 100 valence electrons. The van der Waals surface area contributed by atoms with Crippen molar-refractivity contribution < 1.29 is 4.74 Å². The number of hydrogen-bond donors (Lipinski definition) is 1. The van der Waals surface area contributed by atoms with Crippen LogP contribution in [0.15, 0.2) is 42.6 Å². The lowest BCUT2D eigenvalue weighted by Crippen LogP contribution is -2.01. The maximum Gasteiger partial charge on any atom is 0.162 e. The van der Waals surface area contributed by atoms with Gasteiger partial charge in [-0.25, -0.2) is 9.97 Å². The molecule has 0 bridgehead atoms. The maximum atomic E-state index is 5.85. The van der Waals surface area contributed by atoms with Crippen LogP contribution >= 0.6 is 0 Å². The normalized spacial score (nSPS) is 10.8. The van der Waals surface area contributed by atoms with Gasteiger partial charge >= 0.3 is 0 Å². The number of nitrogens with two attached hydrogens (primary N) is 1. The zero-order valence-electron chi connectivity index (χ0n) is 11.1. The molecule has 0 unspecified atom stereocenters. The fourth-order valence-corrected chi connectivity index (χ4v) is 2.15. The number of pyridine rings is 1. The summed E-state index contributed by atoms with van der Waals surface area (Å²) in [6, 6.07) is 11.5. The minimum Gasteiger partial charge on any atom is -0.384 e. The van der Waals surface area contributed by atoms with Crippen LogP contribution in [0, 0.1) is 0 Å². The SMILES string of the molecule is COCc1cc(N)nc(-c2ccnc3ccccc23)n1. The molecule has 0 saturated carbocycles. The van der Waals surface area contributed by atoms with Crippen molar-refractivity contribution in [3.63, 3.8) is 0 Å². The number of nitrogen functional groups attached to an aromatic ring is 1. The lowest BCUT2D eigenvalue weighted by Gasteiger charge is -2.07. The second-order valence-corrected chi connectivity index (χ2v) is 4.42. The molecule has 20 heavy (non-hydrogen) atoms. The average Bonchev–Trinajstić information content (AvgIpc) is 2.46. The summed E-state index contributed by atoms with van der Waals surface area (Å²) in [6.07, 6.45) is 1.75. The van der Waals surface area contributed by atoms with E-state index in [9.17, 15) is 0 Å². The summed E-state index contributed by atoms with van der Waals surface area (Å²) in [5, 5.41) is 1.00. The number of anilines is 1. The first-order chi connectivity index (χ1) is 9.78. The van der Waals surface area contributed by atoms with E-state index in [0.29, 0.717) is 18.2 Å². The summed E-state index contributed by atoms with van der Waals surface area (Å²) in [7, 11) is 1.62. The van der Waals surface area contributed by atoms with Crippen LogP contribution in [-0.4, -0.2) is 22.1 Å². The number of nitrogens with zero attached hydrogens (tertiary/aromatic N) is 3. The van der Waals surface area contributed by atoms with Crippen LogP contribution in [0.1, 0.15) is 5.69 Å². The van der Waals surface area contributed by atoms with Gasteiger partial charge in [0.2, 0.25) is 0 Å². The van der Waals surface area contributed by atoms with Gasteiger partial charge in [-0.05, 0) is 12.1 Å². The minimum atomic E-state index is 0.405. The molecule has 0 aliphatic rings. The maximum absolute atomic E-state index is 5.85. The molecule has 2 N–H and O–H groups in total. The average molecular weight is 266 g/mol. The molecule has 5 nitrogen and oxygen atoms in total. The fraction of sp³-hybridized carbons (Fsp3) is 0.133. The lowest BCUT2D eigenvalue weighted by atomic mass is 10.1. The van der Waals surface area contributed by atoms with Gasteiger partial charge in [0.15, 0.2) is 5.82 Å². The standard InChI is InChI=1S/C15H14N4O/c1-20-9-10-8-14(16)19-15(18-10)12-6-7-17-13-5-3-2-4-11(12)13/h2-8H,9H2,1H3,(H2,16,18,19). The van der Waals surface area contributed by atoms with E-state index in [1.165, 1.54) is 0 Å². The summed E-state index contributed by atoms with van der Waals surface area (Å²) < 4.78 is 5.10. The van der Waals surface area contributed by atoms with Crippen molar-refractivity contribution in [3.8, 4) is 11.4 Å². The second-order valence-electron chi connectivity index (χ2n) is 4.42. The monoisotopic (exact) mass is 266 g/mol. The topological polar surface area (TPSA) is 73.9 Å². The third kappa shape index (κ3) is 2.31. The first kappa shape index (κ1) is 12.5.